The molecular weight excluding hydrogens is 431 g/mol. The van der Waals surface area contributed by atoms with Crippen LogP contribution >= 0.6 is 0 Å². The molecule has 3 rings (SSSR count). The number of ether oxygens (including phenoxy) is 1. The summed E-state index contributed by atoms with van der Waals surface area (Å²) >= 11 is 0. The van der Waals surface area contributed by atoms with Gasteiger partial charge in [0, 0.05) is 21.7 Å². The minimum Gasteiger partial charge on any atom is -0.399 e. The molecule has 1 aromatic carbocycles. The van der Waals surface area contributed by atoms with Crippen LogP contribution in [0.1, 0.15) is 27.7 Å². The summed E-state index contributed by atoms with van der Waals surface area (Å²) in [4.78, 5) is 14.9. The number of hydrogen-bond donors (Lipinski definition) is 0. The molecule has 0 aromatic heterocycles. The minimum absolute atomic E-state index is 0.103. The first-order chi connectivity index (χ1) is 14.1. The largest absolute Gasteiger partial charge is 0.494 e. The van der Waals surface area contributed by atoms with Crippen LogP contribution in [0.5, 0.6) is 0 Å². The molecule has 2 aliphatic heterocycles. The van der Waals surface area contributed by atoms with Crippen LogP contribution in [0.4, 0.5) is 10.5 Å². The van der Waals surface area contributed by atoms with Crippen molar-refractivity contribution in [1.29, 1.82) is 0 Å². The molecule has 2 amide bonds. The number of amides is 2. The van der Waals surface area contributed by atoms with Crippen molar-refractivity contribution in [2.75, 3.05) is 25.3 Å². The van der Waals surface area contributed by atoms with Crippen molar-refractivity contribution in [2.24, 2.45) is 0 Å². The Balaban J connectivity index is 1.91. The summed E-state index contributed by atoms with van der Waals surface area (Å²) in [7, 11) is -3.30. The van der Waals surface area contributed by atoms with Crippen LogP contribution in [0.3, 0.4) is 0 Å². The number of urea groups is 1. The van der Waals surface area contributed by atoms with Gasteiger partial charge in [-0.25, -0.2) is 13.3 Å². The fourth-order valence-electron chi connectivity index (χ4n) is 3.34. The number of benzene rings is 1. The molecule has 0 aliphatic carbocycles. The lowest BCUT2D eigenvalue weighted by Gasteiger charge is -2.37. The number of hydrogen-bond acceptors (Lipinski definition) is 5. The minimum atomic E-state index is -2.98. The van der Waals surface area contributed by atoms with Crippen LogP contribution in [-0.4, -0.2) is 67.2 Å². The van der Waals surface area contributed by atoms with E-state index in [0.29, 0.717) is 17.2 Å². The molecule has 7 nitrogen and oxygen atoms in total. The van der Waals surface area contributed by atoms with E-state index in [2.05, 4.69) is 25.5 Å². The van der Waals surface area contributed by atoms with Crippen molar-refractivity contribution >= 4 is 48.0 Å². The molecule has 0 saturated carbocycles. The van der Waals surface area contributed by atoms with E-state index in [9.17, 15) is 9.00 Å². The average molecular weight is 466 g/mol. The van der Waals surface area contributed by atoms with E-state index in [1.165, 1.54) is 16.3 Å². The number of anilines is 1. The van der Waals surface area contributed by atoms with E-state index >= 15 is 0 Å². The topological polar surface area (TPSA) is 68.3 Å². The Bertz CT molecular complexity index is 958. The first-order valence-electron chi connectivity index (χ1n) is 10.6. The maximum Gasteiger partial charge on any atom is 0.494 e. The van der Waals surface area contributed by atoms with Gasteiger partial charge >= 0.3 is 13.1 Å². The summed E-state index contributed by atoms with van der Waals surface area (Å²) in [5.74, 6) is 3.88. The Morgan fingerprint density at radius 2 is 1.74 bits per heavy atom. The average Bonchev–Trinajstić information content (AvgIpc) is 2.86. The second-order valence-electron chi connectivity index (χ2n) is 10.5. The lowest BCUT2D eigenvalue weighted by Crippen LogP contribution is -2.50. The molecule has 0 radical (unpaired) electrons. The molecule has 0 bridgehead atoms. The Morgan fingerprint density at radius 3 is 2.29 bits per heavy atom. The molecule has 2 aliphatic rings. The molecule has 2 heterocycles. The highest BCUT2D eigenvalue weighted by molar-refractivity contribution is 7.98. The first-order valence-corrected chi connectivity index (χ1v) is 16.0. The number of carbonyl (C=O) groups is 1. The second kappa shape index (κ2) is 7.91. The van der Waals surface area contributed by atoms with Crippen LogP contribution in [0.25, 0.3) is 0 Å². The highest BCUT2D eigenvalue weighted by Crippen LogP contribution is 2.38. The van der Waals surface area contributed by atoms with Gasteiger partial charge in [0.05, 0.1) is 31.5 Å². The van der Waals surface area contributed by atoms with E-state index in [1.54, 1.807) is 12.1 Å². The molecular formula is C21H35BN2O5SSi. The van der Waals surface area contributed by atoms with Gasteiger partial charge in [0.25, 0.3) is 0 Å². The summed E-state index contributed by atoms with van der Waals surface area (Å²) in [6, 6.07) is 6.04. The molecule has 31 heavy (non-hydrogen) atoms. The summed E-state index contributed by atoms with van der Waals surface area (Å²) in [6.45, 7) is 15.5. The standard InChI is InChI=1S/C21H35BN2O5SSi/c1-20(2)21(3,4)29-22(28-20)16-10-11-17-18(14-16)30(6,26)23(5)19(25)24(17)15-27-12-13-31(7,8)9/h10-11,14H,6,12-13,15H2,1-5,7-9H3. The number of nitrogens with zero attached hydrogens (tertiary/aromatic N) is 2. The zero-order valence-electron chi connectivity index (χ0n) is 20.0. The van der Waals surface area contributed by atoms with Crippen LogP contribution in [0.2, 0.25) is 25.7 Å². The SMILES string of the molecule is C=S1(=O)c2cc(B3OC(C)(C)C(C)(C)O3)ccc2N(COCC[Si](C)(C)C)C(=O)N1C. The van der Waals surface area contributed by atoms with Crippen molar-refractivity contribution in [3.63, 3.8) is 0 Å². The highest BCUT2D eigenvalue weighted by Gasteiger charge is 2.52. The van der Waals surface area contributed by atoms with Gasteiger partial charge in [0.1, 0.15) is 6.73 Å². The zero-order chi connectivity index (χ0) is 23.4. The normalized spacial score (nSPS) is 25.2. The monoisotopic (exact) mass is 466 g/mol. The van der Waals surface area contributed by atoms with Crippen LogP contribution in [0.15, 0.2) is 23.1 Å². The maximum atomic E-state index is 13.4. The third kappa shape index (κ3) is 4.59. The van der Waals surface area contributed by atoms with Gasteiger partial charge in [-0.3, -0.25) is 4.90 Å². The van der Waals surface area contributed by atoms with Crippen molar-refractivity contribution in [1.82, 2.24) is 4.31 Å². The smallest absolute Gasteiger partial charge is 0.399 e. The third-order valence-corrected chi connectivity index (χ3v) is 10.1. The number of rotatable bonds is 6. The number of fused-ring (bicyclic) bond motifs is 1. The summed E-state index contributed by atoms with van der Waals surface area (Å²) < 4.78 is 32.8. The van der Waals surface area contributed by atoms with Crippen LogP contribution in [0, 0.1) is 0 Å². The third-order valence-electron chi connectivity index (χ3n) is 6.30. The van der Waals surface area contributed by atoms with Gasteiger partial charge < -0.3 is 14.0 Å². The summed E-state index contributed by atoms with van der Waals surface area (Å²) in [6.07, 6.45) is 0. The lowest BCUT2D eigenvalue weighted by molar-refractivity contribution is 0.00578. The summed E-state index contributed by atoms with van der Waals surface area (Å²) in [5, 5.41) is 0. The van der Waals surface area contributed by atoms with E-state index in [-0.39, 0.29) is 12.8 Å². The molecule has 0 spiro atoms. The van der Waals surface area contributed by atoms with E-state index in [0.717, 1.165) is 11.5 Å². The highest BCUT2D eigenvalue weighted by atomic mass is 32.2. The van der Waals surface area contributed by atoms with E-state index in [1.807, 2.05) is 33.8 Å². The van der Waals surface area contributed by atoms with Crippen LogP contribution < -0.4 is 10.4 Å². The van der Waals surface area contributed by atoms with Gasteiger partial charge in [0.15, 0.2) is 0 Å². The van der Waals surface area contributed by atoms with Gasteiger partial charge in [-0.2, -0.15) is 0 Å². The fraction of sp³-hybridized carbons (Fsp3) is 0.619. The van der Waals surface area contributed by atoms with Crippen molar-refractivity contribution in [2.45, 2.75) is 69.5 Å². The Morgan fingerprint density at radius 1 is 1.16 bits per heavy atom. The molecule has 1 atom stereocenters. The molecule has 0 N–H and O–H groups in total. The molecule has 10 heteroatoms. The molecule has 1 fully saturated rings. The van der Waals surface area contributed by atoms with Crippen molar-refractivity contribution in [3.05, 3.63) is 18.2 Å². The van der Waals surface area contributed by atoms with Gasteiger partial charge in [-0.05, 0) is 57.2 Å². The molecule has 1 aromatic rings. The Hall–Kier alpha value is -1.33. The molecule has 172 valence electrons. The zero-order valence-corrected chi connectivity index (χ0v) is 21.8. The van der Waals surface area contributed by atoms with Gasteiger partial charge in [-0.15, -0.1) is 0 Å². The first kappa shape index (κ1) is 24.3. The van der Waals surface area contributed by atoms with Crippen LogP contribution in [-0.2, 0) is 23.8 Å². The van der Waals surface area contributed by atoms with Gasteiger partial charge in [-0.1, -0.05) is 25.7 Å². The predicted octanol–water partition coefficient (Wildman–Crippen LogP) is 3.16. The second-order valence-corrected chi connectivity index (χ2v) is 18.4. The molecule has 1 saturated heterocycles. The predicted molar refractivity (Wildman–Crippen MR) is 130 cm³/mol. The fourth-order valence-corrected chi connectivity index (χ4v) is 5.57. The number of carbonyl (C=O) groups excluding carboxylic acids is 1. The Kier molecular flexibility index (Phi) is 6.21. The van der Waals surface area contributed by atoms with E-state index in [4.69, 9.17) is 14.0 Å². The van der Waals surface area contributed by atoms with Crippen molar-refractivity contribution < 1.29 is 23.0 Å². The van der Waals surface area contributed by atoms with Gasteiger partial charge in [0.2, 0.25) is 0 Å². The molecule has 1 unspecified atom stereocenters. The van der Waals surface area contributed by atoms with Crippen molar-refractivity contribution in [3.8, 4) is 0 Å². The van der Waals surface area contributed by atoms with E-state index < -0.39 is 36.1 Å². The Labute approximate surface area is 188 Å². The quantitative estimate of drug-likeness (QED) is 0.366. The lowest BCUT2D eigenvalue weighted by atomic mass is 9.79. The summed E-state index contributed by atoms with van der Waals surface area (Å²) in [5.41, 5.74) is 0.331. The maximum absolute atomic E-state index is 13.4.